The van der Waals surface area contributed by atoms with E-state index in [4.69, 9.17) is 13.9 Å². The molecule has 0 spiro atoms. The van der Waals surface area contributed by atoms with Crippen LogP contribution in [0.15, 0.2) is 18.2 Å². The number of hydrogen-bond acceptors (Lipinski definition) is 7. The van der Waals surface area contributed by atoms with Crippen LogP contribution in [0.1, 0.15) is 32.4 Å². The lowest BCUT2D eigenvalue weighted by molar-refractivity contribution is -0.385. The Morgan fingerprint density at radius 2 is 1.93 bits per heavy atom. The minimum absolute atomic E-state index is 0.0293. The monoisotopic (exact) mass is 439 g/mol. The summed E-state index contributed by atoms with van der Waals surface area (Å²) in [5.74, 6) is 0.540. The molecule has 1 atom stereocenters. The highest BCUT2D eigenvalue weighted by molar-refractivity contribution is 6.74. The van der Waals surface area contributed by atoms with Gasteiger partial charge in [-0.3, -0.25) is 10.1 Å². The topological polar surface area (TPSA) is 86.1 Å². The van der Waals surface area contributed by atoms with Crippen LogP contribution in [0.3, 0.4) is 0 Å². The molecular formula is C21H37N3O5Si. The molecule has 1 aromatic rings. The Kier molecular flexibility index (Phi) is 8.81. The summed E-state index contributed by atoms with van der Waals surface area (Å²) in [4.78, 5) is 13.0. The van der Waals surface area contributed by atoms with E-state index in [1.54, 1.807) is 6.07 Å². The molecule has 1 aliphatic heterocycles. The van der Waals surface area contributed by atoms with Crippen LogP contribution in [-0.4, -0.2) is 71.3 Å². The third kappa shape index (κ3) is 7.02. The molecule has 2 rings (SSSR count). The van der Waals surface area contributed by atoms with E-state index in [0.717, 1.165) is 25.2 Å². The highest BCUT2D eigenvalue weighted by Gasteiger charge is 2.36. The molecular weight excluding hydrogens is 402 g/mol. The molecule has 170 valence electrons. The molecule has 1 unspecified atom stereocenters. The number of nitrogens with one attached hydrogen (secondary N) is 1. The molecule has 8 nitrogen and oxygen atoms in total. The second-order valence-electron chi connectivity index (χ2n) is 9.32. The lowest BCUT2D eigenvalue weighted by Gasteiger charge is -2.36. The Morgan fingerprint density at radius 3 is 2.57 bits per heavy atom. The first-order chi connectivity index (χ1) is 14.0. The van der Waals surface area contributed by atoms with Crippen molar-refractivity contribution < 1.29 is 18.8 Å². The third-order valence-electron chi connectivity index (χ3n) is 5.94. The van der Waals surface area contributed by atoms with Crippen molar-refractivity contribution in [3.05, 3.63) is 33.9 Å². The summed E-state index contributed by atoms with van der Waals surface area (Å²) in [7, 11) is 0.307. The number of hydrogen-bond donors (Lipinski definition) is 1. The number of nitro groups is 1. The summed E-state index contributed by atoms with van der Waals surface area (Å²) >= 11 is 0. The van der Waals surface area contributed by atoms with Crippen molar-refractivity contribution in [2.24, 2.45) is 0 Å². The van der Waals surface area contributed by atoms with Crippen molar-refractivity contribution in [3.8, 4) is 5.75 Å². The van der Waals surface area contributed by atoms with Gasteiger partial charge in [0.15, 0.2) is 8.32 Å². The predicted molar refractivity (Wildman–Crippen MR) is 121 cm³/mol. The molecule has 0 aromatic heterocycles. The average Bonchev–Trinajstić information content (AvgIpc) is 2.66. The fourth-order valence-corrected chi connectivity index (χ4v) is 4.07. The van der Waals surface area contributed by atoms with Crippen LogP contribution in [0.5, 0.6) is 5.75 Å². The Balaban J connectivity index is 1.86. The number of non-ortho nitro benzene ring substituents is 1. The molecule has 0 bridgehead atoms. The number of nitrogens with zero attached hydrogens (tertiary/aromatic N) is 2. The van der Waals surface area contributed by atoms with Gasteiger partial charge in [0.25, 0.3) is 5.69 Å². The number of likely N-dealkylation sites (N-methyl/N-ethyl adjacent to an activating group) is 1. The summed E-state index contributed by atoms with van der Waals surface area (Å²) in [6.45, 7) is 15.6. The molecule has 1 aromatic carbocycles. The van der Waals surface area contributed by atoms with Gasteiger partial charge in [0.2, 0.25) is 0 Å². The molecule has 1 heterocycles. The van der Waals surface area contributed by atoms with Gasteiger partial charge in [-0.25, -0.2) is 0 Å². The molecule has 9 heteroatoms. The molecule has 1 aliphatic rings. The molecule has 0 radical (unpaired) electrons. The Labute approximate surface area is 181 Å². The van der Waals surface area contributed by atoms with Crippen LogP contribution >= 0.6 is 0 Å². The van der Waals surface area contributed by atoms with Crippen LogP contribution in [-0.2, 0) is 9.16 Å². The van der Waals surface area contributed by atoms with Gasteiger partial charge >= 0.3 is 0 Å². The van der Waals surface area contributed by atoms with E-state index >= 15 is 0 Å². The standard InChI is InChI=1S/C21H37N3O5Si/c1-21(2,3)30(5,6)29-14-12-27-11-13-28-20-15-17(24(25)26)7-8-18(20)19-16-23(4)10-9-22-19/h7-8,15,19,22H,9-14,16H2,1-6H3. The van der Waals surface area contributed by atoms with Crippen molar-refractivity contribution in [2.75, 3.05) is 53.1 Å². The van der Waals surface area contributed by atoms with E-state index in [2.05, 4.69) is 51.1 Å². The maximum atomic E-state index is 11.2. The zero-order valence-corrected chi connectivity index (χ0v) is 20.2. The quantitative estimate of drug-likeness (QED) is 0.258. The highest BCUT2D eigenvalue weighted by Crippen LogP contribution is 2.36. The first-order valence-corrected chi connectivity index (χ1v) is 13.5. The highest BCUT2D eigenvalue weighted by atomic mass is 28.4. The molecule has 0 aliphatic carbocycles. The van der Waals surface area contributed by atoms with Gasteiger partial charge in [-0.1, -0.05) is 20.8 Å². The first kappa shape index (κ1) is 24.7. The number of benzene rings is 1. The van der Waals surface area contributed by atoms with Crippen molar-refractivity contribution in [1.29, 1.82) is 0 Å². The number of nitro benzene ring substituents is 1. The third-order valence-corrected chi connectivity index (χ3v) is 10.5. The van der Waals surface area contributed by atoms with E-state index in [1.807, 2.05) is 0 Å². The summed E-state index contributed by atoms with van der Waals surface area (Å²) in [6.07, 6.45) is 0. The van der Waals surface area contributed by atoms with Gasteiger partial charge in [0.05, 0.1) is 30.8 Å². The molecule has 0 amide bonds. The van der Waals surface area contributed by atoms with Gasteiger partial charge < -0.3 is 24.1 Å². The summed E-state index contributed by atoms with van der Waals surface area (Å²) < 4.78 is 17.7. The second kappa shape index (κ2) is 10.7. The van der Waals surface area contributed by atoms with Gasteiger partial charge in [-0.15, -0.1) is 0 Å². The van der Waals surface area contributed by atoms with E-state index in [-0.39, 0.29) is 16.8 Å². The van der Waals surface area contributed by atoms with E-state index in [1.165, 1.54) is 12.1 Å². The van der Waals surface area contributed by atoms with E-state index in [0.29, 0.717) is 32.2 Å². The van der Waals surface area contributed by atoms with Crippen LogP contribution in [0, 0.1) is 10.1 Å². The maximum Gasteiger partial charge on any atom is 0.273 e. The Hall–Kier alpha value is -1.52. The normalized spacial score (nSPS) is 18.4. The van der Waals surface area contributed by atoms with Crippen LogP contribution in [0.25, 0.3) is 0 Å². The van der Waals surface area contributed by atoms with Crippen molar-refractivity contribution in [1.82, 2.24) is 10.2 Å². The van der Waals surface area contributed by atoms with Crippen LogP contribution < -0.4 is 10.1 Å². The first-order valence-electron chi connectivity index (χ1n) is 10.6. The molecule has 0 saturated carbocycles. The largest absolute Gasteiger partial charge is 0.491 e. The molecule has 1 fully saturated rings. The molecule has 30 heavy (non-hydrogen) atoms. The maximum absolute atomic E-state index is 11.2. The smallest absolute Gasteiger partial charge is 0.273 e. The van der Waals surface area contributed by atoms with E-state index < -0.39 is 13.2 Å². The zero-order valence-electron chi connectivity index (χ0n) is 19.2. The van der Waals surface area contributed by atoms with Crippen molar-refractivity contribution >= 4 is 14.0 Å². The summed E-state index contributed by atoms with van der Waals surface area (Å²) in [6, 6.07) is 4.91. The van der Waals surface area contributed by atoms with Gasteiger partial charge in [-0.2, -0.15) is 0 Å². The second-order valence-corrected chi connectivity index (χ2v) is 14.1. The number of piperazine rings is 1. The number of rotatable bonds is 10. The summed E-state index contributed by atoms with van der Waals surface area (Å²) in [5, 5.41) is 14.8. The minimum atomic E-state index is -1.76. The van der Waals surface area contributed by atoms with Gasteiger partial charge in [0, 0.05) is 37.3 Å². The van der Waals surface area contributed by atoms with Crippen molar-refractivity contribution in [3.63, 3.8) is 0 Å². The zero-order chi connectivity index (χ0) is 22.4. The van der Waals surface area contributed by atoms with Crippen LogP contribution in [0.2, 0.25) is 18.1 Å². The van der Waals surface area contributed by atoms with Crippen molar-refractivity contribution in [2.45, 2.75) is 44.9 Å². The Morgan fingerprint density at radius 1 is 1.23 bits per heavy atom. The Bertz CT molecular complexity index is 708. The fourth-order valence-electron chi connectivity index (χ4n) is 3.04. The van der Waals surface area contributed by atoms with Crippen LogP contribution in [0.4, 0.5) is 5.69 Å². The number of ether oxygens (including phenoxy) is 2. The lowest BCUT2D eigenvalue weighted by Crippen LogP contribution is -2.43. The molecule has 1 saturated heterocycles. The fraction of sp³-hybridized carbons (Fsp3) is 0.714. The summed E-state index contributed by atoms with van der Waals surface area (Å²) in [5.41, 5.74) is 0.968. The van der Waals surface area contributed by atoms with Gasteiger partial charge in [0.1, 0.15) is 12.4 Å². The average molecular weight is 440 g/mol. The SMILES string of the molecule is CN1CCNC(c2ccc([N+](=O)[O-])cc2OCCOCCO[Si](C)(C)C(C)(C)C)C1. The van der Waals surface area contributed by atoms with E-state index in [9.17, 15) is 10.1 Å². The minimum Gasteiger partial charge on any atom is -0.491 e. The predicted octanol–water partition coefficient (Wildman–Crippen LogP) is 3.59. The molecule has 1 N–H and O–H groups in total. The van der Waals surface area contributed by atoms with Gasteiger partial charge in [-0.05, 0) is 31.2 Å². The lowest BCUT2D eigenvalue weighted by atomic mass is 10.0.